The first-order chi connectivity index (χ1) is 12.8. The highest BCUT2D eigenvalue weighted by Crippen LogP contribution is 2.22. The molecule has 0 spiro atoms. The van der Waals surface area contributed by atoms with Crippen LogP contribution in [-0.4, -0.2) is 37.0 Å². The van der Waals surface area contributed by atoms with Gasteiger partial charge in [-0.1, -0.05) is 45.0 Å². The van der Waals surface area contributed by atoms with Crippen molar-refractivity contribution in [2.45, 2.75) is 26.2 Å². The molecule has 0 radical (unpaired) electrons. The Labute approximate surface area is 161 Å². The largest absolute Gasteiger partial charge is 0.368 e. The highest BCUT2D eigenvalue weighted by molar-refractivity contribution is 5.92. The molecule has 1 aliphatic heterocycles. The fourth-order valence-electron chi connectivity index (χ4n) is 3.20. The summed E-state index contributed by atoms with van der Waals surface area (Å²) in [6.07, 6.45) is 3.53. The van der Waals surface area contributed by atoms with Crippen LogP contribution >= 0.6 is 0 Å². The topological polar surface area (TPSA) is 23.6 Å². The first kappa shape index (κ1) is 19.2. The Morgan fingerprint density at radius 3 is 2.07 bits per heavy atom. The molecule has 27 heavy (non-hydrogen) atoms. The van der Waals surface area contributed by atoms with Gasteiger partial charge in [-0.25, -0.2) is 4.39 Å². The van der Waals surface area contributed by atoms with Crippen molar-refractivity contribution in [1.29, 1.82) is 0 Å². The molecule has 3 nitrogen and oxygen atoms in total. The lowest BCUT2D eigenvalue weighted by atomic mass is 9.87. The summed E-state index contributed by atoms with van der Waals surface area (Å²) < 4.78 is 13.0. The van der Waals surface area contributed by atoms with Crippen molar-refractivity contribution in [2.75, 3.05) is 31.1 Å². The Kier molecular flexibility index (Phi) is 5.64. The summed E-state index contributed by atoms with van der Waals surface area (Å²) in [5.74, 6) is -0.193. The zero-order chi connectivity index (χ0) is 19.4. The number of benzene rings is 2. The molecule has 1 fully saturated rings. The predicted molar refractivity (Wildman–Crippen MR) is 109 cm³/mol. The van der Waals surface area contributed by atoms with Crippen molar-refractivity contribution in [3.05, 3.63) is 71.6 Å². The van der Waals surface area contributed by atoms with Crippen LogP contribution in [0.2, 0.25) is 0 Å². The first-order valence-electron chi connectivity index (χ1n) is 9.41. The van der Waals surface area contributed by atoms with Crippen molar-refractivity contribution in [3.63, 3.8) is 0 Å². The van der Waals surface area contributed by atoms with Crippen LogP contribution in [0.4, 0.5) is 10.1 Å². The van der Waals surface area contributed by atoms with Crippen LogP contribution in [0.15, 0.2) is 54.6 Å². The zero-order valence-corrected chi connectivity index (χ0v) is 16.3. The van der Waals surface area contributed by atoms with Crippen molar-refractivity contribution < 1.29 is 9.18 Å². The maximum absolute atomic E-state index is 13.0. The number of anilines is 1. The van der Waals surface area contributed by atoms with E-state index in [1.54, 1.807) is 18.2 Å². The Morgan fingerprint density at radius 2 is 1.52 bits per heavy atom. The summed E-state index contributed by atoms with van der Waals surface area (Å²) in [4.78, 5) is 16.5. The lowest BCUT2D eigenvalue weighted by Crippen LogP contribution is -2.48. The number of carbonyl (C=O) groups is 1. The lowest BCUT2D eigenvalue weighted by molar-refractivity contribution is -0.126. The molecular formula is C23H27FN2O. The number of carbonyl (C=O) groups excluding carboxylic acids is 1. The average molecular weight is 366 g/mol. The molecule has 1 saturated heterocycles. The summed E-state index contributed by atoms with van der Waals surface area (Å²) in [6, 6.07) is 14.9. The Hall–Kier alpha value is -2.62. The maximum atomic E-state index is 13.0. The number of rotatable bonds is 3. The third kappa shape index (κ3) is 4.97. The molecule has 0 bridgehead atoms. The number of amides is 1. The van der Waals surface area contributed by atoms with Gasteiger partial charge in [-0.15, -0.1) is 0 Å². The first-order valence-corrected chi connectivity index (χ1v) is 9.41. The van der Waals surface area contributed by atoms with E-state index in [-0.39, 0.29) is 17.1 Å². The molecule has 1 amide bonds. The van der Waals surface area contributed by atoms with E-state index < -0.39 is 0 Å². The number of hydrogen-bond acceptors (Lipinski definition) is 2. The number of hydrogen-bond donors (Lipinski definition) is 0. The van der Waals surface area contributed by atoms with Gasteiger partial charge in [0.15, 0.2) is 0 Å². The minimum absolute atomic E-state index is 0.0358. The molecule has 1 aliphatic rings. The number of piperazine rings is 1. The zero-order valence-electron chi connectivity index (χ0n) is 16.3. The fraction of sp³-hybridized carbons (Fsp3) is 0.348. The molecule has 0 atom stereocenters. The molecule has 142 valence electrons. The van der Waals surface area contributed by atoms with Gasteiger partial charge in [0.1, 0.15) is 5.82 Å². The summed E-state index contributed by atoms with van der Waals surface area (Å²) >= 11 is 0. The van der Waals surface area contributed by atoms with Crippen LogP contribution in [0.1, 0.15) is 31.9 Å². The normalized spacial score (nSPS) is 15.4. The van der Waals surface area contributed by atoms with Crippen LogP contribution in [-0.2, 0) is 10.2 Å². The van der Waals surface area contributed by atoms with Gasteiger partial charge in [0.25, 0.3) is 0 Å². The minimum Gasteiger partial charge on any atom is -0.368 e. The molecule has 1 heterocycles. The van der Waals surface area contributed by atoms with Gasteiger partial charge in [0.2, 0.25) is 5.91 Å². The molecular weight excluding hydrogens is 339 g/mol. The fourth-order valence-corrected chi connectivity index (χ4v) is 3.20. The van der Waals surface area contributed by atoms with Crippen molar-refractivity contribution in [3.8, 4) is 0 Å². The smallest absolute Gasteiger partial charge is 0.246 e. The Balaban J connectivity index is 1.54. The van der Waals surface area contributed by atoms with Crippen LogP contribution in [0.3, 0.4) is 0 Å². The van der Waals surface area contributed by atoms with E-state index in [4.69, 9.17) is 0 Å². The molecule has 0 unspecified atom stereocenters. The van der Waals surface area contributed by atoms with E-state index in [1.807, 2.05) is 11.0 Å². The second-order valence-electron chi connectivity index (χ2n) is 7.99. The predicted octanol–water partition coefficient (Wildman–Crippen LogP) is 4.49. The highest BCUT2D eigenvalue weighted by Gasteiger charge is 2.20. The SMILES string of the molecule is CC(C)(C)c1ccc(C=CC(=O)N2CCN(c3ccc(F)cc3)CC2)cc1. The van der Waals surface area contributed by atoms with E-state index in [0.29, 0.717) is 13.1 Å². The molecule has 0 N–H and O–H groups in total. The summed E-state index contributed by atoms with van der Waals surface area (Å²) in [5.41, 5.74) is 3.43. The molecule has 0 saturated carbocycles. The van der Waals surface area contributed by atoms with Gasteiger partial charge >= 0.3 is 0 Å². The lowest BCUT2D eigenvalue weighted by Gasteiger charge is -2.35. The van der Waals surface area contributed by atoms with Gasteiger partial charge in [-0.2, -0.15) is 0 Å². The molecule has 0 aromatic heterocycles. The summed E-state index contributed by atoms with van der Waals surface area (Å²) in [5, 5.41) is 0. The van der Waals surface area contributed by atoms with E-state index in [2.05, 4.69) is 49.9 Å². The summed E-state index contributed by atoms with van der Waals surface area (Å²) in [7, 11) is 0. The van der Waals surface area contributed by atoms with Gasteiger partial charge in [0.05, 0.1) is 0 Å². The van der Waals surface area contributed by atoms with Crippen LogP contribution in [0.25, 0.3) is 6.08 Å². The van der Waals surface area contributed by atoms with Crippen molar-refractivity contribution in [2.24, 2.45) is 0 Å². The Bertz CT molecular complexity index is 796. The number of halogens is 1. The van der Waals surface area contributed by atoms with E-state index in [9.17, 15) is 9.18 Å². The van der Waals surface area contributed by atoms with Gasteiger partial charge in [-0.05, 0) is 46.9 Å². The van der Waals surface area contributed by atoms with Crippen LogP contribution in [0, 0.1) is 5.82 Å². The van der Waals surface area contributed by atoms with Gasteiger partial charge in [0, 0.05) is 37.9 Å². The minimum atomic E-state index is -0.228. The summed E-state index contributed by atoms with van der Waals surface area (Å²) in [6.45, 7) is 9.41. The van der Waals surface area contributed by atoms with Crippen LogP contribution in [0.5, 0.6) is 0 Å². The molecule has 0 aliphatic carbocycles. The standard InChI is InChI=1S/C23H27FN2O/c1-23(2,3)19-7-4-18(5-8-19)6-13-22(27)26-16-14-25(15-17-26)21-11-9-20(24)10-12-21/h4-13H,14-17H2,1-3H3. The molecule has 3 rings (SSSR count). The van der Waals surface area contributed by atoms with E-state index >= 15 is 0 Å². The van der Waals surface area contributed by atoms with Crippen molar-refractivity contribution >= 4 is 17.7 Å². The van der Waals surface area contributed by atoms with E-state index in [1.165, 1.54) is 17.7 Å². The highest BCUT2D eigenvalue weighted by atomic mass is 19.1. The Morgan fingerprint density at radius 1 is 0.926 bits per heavy atom. The monoisotopic (exact) mass is 366 g/mol. The molecule has 2 aromatic rings. The van der Waals surface area contributed by atoms with E-state index in [0.717, 1.165) is 24.3 Å². The molecule has 4 heteroatoms. The second-order valence-corrected chi connectivity index (χ2v) is 7.99. The van der Waals surface area contributed by atoms with Gasteiger partial charge < -0.3 is 9.80 Å². The average Bonchev–Trinajstić information content (AvgIpc) is 2.66. The van der Waals surface area contributed by atoms with Crippen LogP contribution < -0.4 is 4.90 Å². The molecule has 2 aromatic carbocycles. The maximum Gasteiger partial charge on any atom is 0.246 e. The third-order valence-electron chi connectivity index (χ3n) is 4.98. The van der Waals surface area contributed by atoms with Gasteiger partial charge in [-0.3, -0.25) is 4.79 Å². The quantitative estimate of drug-likeness (QED) is 0.748. The third-order valence-corrected chi connectivity index (χ3v) is 4.98. The van der Waals surface area contributed by atoms with Crippen molar-refractivity contribution in [1.82, 2.24) is 4.90 Å². The number of nitrogens with zero attached hydrogens (tertiary/aromatic N) is 2. The second kappa shape index (κ2) is 7.95.